The van der Waals surface area contributed by atoms with Crippen molar-refractivity contribution < 1.29 is 18.8 Å². The van der Waals surface area contributed by atoms with Crippen LogP contribution in [0, 0.1) is 22.9 Å². The average molecular weight is 350 g/mol. The summed E-state index contributed by atoms with van der Waals surface area (Å²) in [4.78, 5) is 22.2. The number of aromatic nitrogens is 2. The summed E-state index contributed by atoms with van der Waals surface area (Å²) in [5.74, 6) is -1.23. The van der Waals surface area contributed by atoms with E-state index in [0.717, 1.165) is 18.6 Å². The summed E-state index contributed by atoms with van der Waals surface area (Å²) in [5, 5.41) is 17.6. The molecule has 134 valence electrons. The molecule has 9 heteroatoms. The Balaban J connectivity index is 2.29. The molecule has 0 unspecified atom stereocenters. The first-order chi connectivity index (χ1) is 11.7. The second-order valence-corrected chi connectivity index (χ2v) is 5.66. The van der Waals surface area contributed by atoms with Gasteiger partial charge in [0.15, 0.2) is 17.3 Å². The zero-order valence-electron chi connectivity index (χ0n) is 14.4. The number of benzene rings is 1. The first-order valence-corrected chi connectivity index (χ1v) is 7.70. The molecule has 25 heavy (non-hydrogen) atoms. The maximum Gasteiger partial charge on any atom is 0.272 e. The van der Waals surface area contributed by atoms with E-state index in [9.17, 15) is 19.3 Å². The standard InChI is InChI=1S/C16H19FN4O4/c1-5-9(2)18-15(22)14-10(3)16(20(4)19-14)25-13-7-6-11(21(23)24)8-12(13)17/h6-9H,5H2,1-4H3,(H,18,22)/t9-/m1/s1. The maximum absolute atomic E-state index is 14.0. The first-order valence-electron chi connectivity index (χ1n) is 7.70. The molecule has 0 aliphatic carbocycles. The summed E-state index contributed by atoms with van der Waals surface area (Å²) in [6.45, 7) is 5.46. The van der Waals surface area contributed by atoms with Crippen molar-refractivity contribution in [3.63, 3.8) is 0 Å². The highest BCUT2D eigenvalue weighted by Gasteiger charge is 2.22. The molecule has 0 bridgehead atoms. The van der Waals surface area contributed by atoms with Gasteiger partial charge in [-0.15, -0.1) is 0 Å². The van der Waals surface area contributed by atoms with Crippen molar-refractivity contribution in [2.45, 2.75) is 33.2 Å². The van der Waals surface area contributed by atoms with Crippen LogP contribution in [0.1, 0.15) is 36.3 Å². The normalized spacial score (nSPS) is 11.9. The molecule has 1 amide bonds. The summed E-state index contributed by atoms with van der Waals surface area (Å²) in [6, 6.07) is 3.07. The predicted molar refractivity (Wildman–Crippen MR) is 88.3 cm³/mol. The van der Waals surface area contributed by atoms with Crippen LogP contribution in [0.2, 0.25) is 0 Å². The Morgan fingerprint density at radius 3 is 2.76 bits per heavy atom. The molecule has 0 fully saturated rings. The van der Waals surface area contributed by atoms with Gasteiger partial charge in [-0.25, -0.2) is 9.07 Å². The van der Waals surface area contributed by atoms with Crippen LogP contribution in [0.5, 0.6) is 11.6 Å². The van der Waals surface area contributed by atoms with Crippen molar-refractivity contribution in [2.75, 3.05) is 0 Å². The lowest BCUT2D eigenvalue weighted by Gasteiger charge is -2.10. The van der Waals surface area contributed by atoms with Gasteiger partial charge in [-0.2, -0.15) is 5.10 Å². The number of nitrogens with zero attached hydrogens (tertiary/aromatic N) is 3. The molecule has 1 aromatic carbocycles. The Bertz CT molecular complexity index is 819. The van der Waals surface area contributed by atoms with E-state index in [-0.39, 0.29) is 35.0 Å². The smallest absolute Gasteiger partial charge is 0.272 e. The lowest BCUT2D eigenvalue weighted by atomic mass is 10.2. The molecule has 1 atom stereocenters. The van der Waals surface area contributed by atoms with Gasteiger partial charge in [0.1, 0.15) is 0 Å². The SMILES string of the molecule is CC[C@@H](C)NC(=O)c1nn(C)c(Oc2ccc([N+](=O)[O-])cc2F)c1C. The number of halogens is 1. The zero-order valence-corrected chi connectivity index (χ0v) is 14.4. The lowest BCUT2D eigenvalue weighted by Crippen LogP contribution is -2.32. The van der Waals surface area contributed by atoms with E-state index < -0.39 is 10.7 Å². The molecule has 8 nitrogen and oxygen atoms in total. The fourth-order valence-corrected chi connectivity index (χ4v) is 2.16. The highest BCUT2D eigenvalue weighted by atomic mass is 19.1. The number of rotatable bonds is 6. The lowest BCUT2D eigenvalue weighted by molar-refractivity contribution is -0.385. The van der Waals surface area contributed by atoms with E-state index >= 15 is 0 Å². The Morgan fingerprint density at radius 2 is 2.20 bits per heavy atom. The molecule has 0 saturated carbocycles. The maximum atomic E-state index is 14.0. The number of nitrogens with one attached hydrogen (secondary N) is 1. The van der Waals surface area contributed by atoms with E-state index in [0.29, 0.717) is 5.56 Å². The van der Waals surface area contributed by atoms with Gasteiger partial charge in [-0.05, 0) is 26.3 Å². The van der Waals surface area contributed by atoms with Gasteiger partial charge < -0.3 is 10.1 Å². The average Bonchev–Trinajstić information content (AvgIpc) is 2.84. The summed E-state index contributed by atoms with van der Waals surface area (Å²) in [7, 11) is 1.56. The number of carbonyl (C=O) groups excluding carboxylic acids is 1. The number of ether oxygens (including phenoxy) is 1. The third-order valence-corrected chi connectivity index (χ3v) is 3.76. The van der Waals surface area contributed by atoms with Gasteiger partial charge >= 0.3 is 0 Å². The Morgan fingerprint density at radius 1 is 1.52 bits per heavy atom. The summed E-state index contributed by atoms with van der Waals surface area (Å²) < 4.78 is 20.8. The molecule has 0 aliphatic rings. The fraction of sp³-hybridized carbons (Fsp3) is 0.375. The minimum absolute atomic E-state index is 0.00890. The van der Waals surface area contributed by atoms with E-state index in [4.69, 9.17) is 4.74 Å². The van der Waals surface area contributed by atoms with Crippen LogP contribution in [0.25, 0.3) is 0 Å². The molecule has 0 radical (unpaired) electrons. The second kappa shape index (κ2) is 7.29. The number of nitro groups is 1. The zero-order chi connectivity index (χ0) is 18.7. The van der Waals surface area contributed by atoms with E-state index in [1.807, 2.05) is 13.8 Å². The third kappa shape index (κ3) is 3.93. The number of non-ortho nitro benzene ring substituents is 1. The second-order valence-electron chi connectivity index (χ2n) is 5.66. The van der Waals surface area contributed by atoms with Crippen LogP contribution in [0.4, 0.5) is 10.1 Å². The summed E-state index contributed by atoms with van der Waals surface area (Å²) >= 11 is 0. The summed E-state index contributed by atoms with van der Waals surface area (Å²) in [6.07, 6.45) is 0.773. The number of amides is 1. The van der Waals surface area contributed by atoms with Crippen molar-refractivity contribution in [3.05, 3.63) is 45.4 Å². The van der Waals surface area contributed by atoms with Crippen LogP contribution in [-0.2, 0) is 7.05 Å². The van der Waals surface area contributed by atoms with Gasteiger partial charge in [-0.1, -0.05) is 6.92 Å². The Kier molecular flexibility index (Phi) is 5.35. The van der Waals surface area contributed by atoms with Crippen molar-refractivity contribution in [3.8, 4) is 11.6 Å². The van der Waals surface area contributed by atoms with Gasteiger partial charge in [0.05, 0.1) is 11.0 Å². The molecule has 1 N–H and O–H groups in total. The van der Waals surface area contributed by atoms with Crippen LogP contribution in [-0.4, -0.2) is 26.7 Å². The molecule has 1 aromatic heterocycles. The first kappa shape index (κ1) is 18.4. The fourth-order valence-electron chi connectivity index (χ4n) is 2.16. The number of hydrogen-bond acceptors (Lipinski definition) is 5. The highest BCUT2D eigenvalue weighted by Crippen LogP contribution is 2.30. The number of nitro benzene ring substituents is 1. The van der Waals surface area contributed by atoms with E-state index in [2.05, 4.69) is 10.4 Å². The topological polar surface area (TPSA) is 99.3 Å². The third-order valence-electron chi connectivity index (χ3n) is 3.76. The number of carbonyl (C=O) groups is 1. The molecule has 0 saturated heterocycles. The minimum Gasteiger partial charge on any atom is -0.436 e. The molecule has 2 aromatic rings. The van der Waals surface area contributed by atoms with E-state index in [1.165, 1.54) is 10.7 Å². The predicted octanol–water partition coefficient (Wildman–Crippen LogP) is 3.10. The number of aryl methyl sites for hydroxylation is 1. The minimum atomic E-state index is -0.875. The largest absolute Gasteiger partial charge is 0.436 e. The van der Waals surface area contributed by atoms with Crippen molar-refractivity contribution in [1.82, 2.24) is 15.1 Å². The monoisotopic (exact) mass is 350 g/mol. The van der Waals surface area contributed by atoms with E-state index in [1.54, 1.807) is 14.0 Å². The van der Waals surface area contributed by atoms with Crippen LogP contribution in [0.3, 0.4) is 0 Å². The Labute approximate surface area is 143 Å². The molecule has 0 spiro atoms. The number of hydrogen-bond donors (Lipinski definition) is 1. The van der Waals surface area contributed by atoms with Gasteiger partial charge in [0.25, 0.3) is 11.6 Å². The van der Waals surface area contributed by atoms with Crippen molar-refractivity contribution >= 4 is 11.6 Å². The van der Waals surface area contributed by atoms with Gasteiger partial charge in [0, 0.05) is 24.7 Å². The van der Waals surface area contributed by atoms with Gasteiger partial charge in [0.2, 0.25) is 5.88 Å². The molecular formula is C16H19FN4O4. The quantitative estimate of drug-likeness (QED) is 0.637. The van der Waals surface area contributed by atoms with Gasteiger partial charge in [-0.3, -0.25) is 14.9 Å². The van der Waals surface area contributed by atoms with Crippen LogP contribution < -0.4 is 10.1 Å². The molecule has 0 aliphatic heterocycles. The van der Waals surface area contributed by atoms with Crippen molar-refractivity contribution in [2.24, 2.45) is 7.05 Å². The van der Waals surface area contributed by atoms with Crippen LogP contribution >= 0.6 is 0 Å². The molecular weight excluding hydrogens is 331 g/mol. The molecule has 1 heterocycles. The highest BCUT2D eigenvalue weighted by molar-refractivity contribution is 5.94. The Hall–Kier alpha value is -2.97. The molecule has 2 rings (SSSR count). The summed E-state index contributed by atoms with van der Waals surface area (Å²) in [5.41, 5.74) is 0.251. The van der Waals surface area contributed by atoms with Crippen molar-refractivity contribution in [1.29, 1.82) is 0 Å². The van der Waals surface area contributed by atoms with Crippen LogP contribution in [0.15, 0.2) is 18.2 Å².